The van der Waals surface area contributed by atoms with Crippen molar-refractivity contribution in [2.24, 2.45) is 0 Å². The zero-order valence-corrected chi connectivity index (χ0v) is 14.0. The van der Waals surface area contributed by atoms with Crippen LogP contribution in [0.25, 0.3) is 0 Å². The highest BCUT2D eigenvalue weighted by molar-refractivity contribution is 6.11. The molecule has 0 saturated carbocycles. The van der Waals surface area contributed by atoms with E-state index in [0.29, 0.717) is 24.2 Å². The first-order valence-corrected chi connectivity index (χ1v) is 8.51. The lowest BCUT2D eigenvalue weighted by molar-refractivity contribution is -0.384. The summed E-state index contributed by atoms with van der Waals surface area (Å²) < 4.78 is 0. The predicted octanol–water partition coefficient (Wildman–Crippen LogP) is 2.75. The number of nitro groups is 1. The van der Waals surface area contributed by atoms with E-state index in [1.165, 1.54) is 12.1 Å². The summed E-state index contributed by atoms with van der Waals surface area (Å²) in [7, 11) is 0. The lowest BCUT2D eigenvalue weighted by Gasteiger charge is -2.26. The van der Waals surface area contributed by atoms with Gasteiger partial charge in [-0.2, -0.15) is 0 Å². The van der Waals surface area contributed by atoms with Crippen LogP contribution in [-0.4, -0.2) is 34.2 Å². The van der Waals surface area contributed by atoms with Crippen LogP contribution in [0, 0.1) is 10.1 Å². The molecule has 26 heavy (non-hydrogen) atoms. The van der Waals surface area contributed by atoms with Crippen LogP contribution in [0.1, 0.15) is 28.8 Å². The number of amides is 2. The number of benzene rings is 2. The van der Waals surface area contributed by atoms with E-state index in [4.69, 9.17) is 0 Å². The Morgan fingerprint density at radius 3 is 2.54 bits per heavy atom. The van der Waals surface area contributed by atoms with Crippen LogP contribution in [-0.2, 0) is 11.3 Å². The first kappa shape index (κ1) is 16.3. The van der Waals surface area contributed by atoms with E-state index >= 15 is 0 Å². The first-order chi connectivity index (χ1) is 12.6. The molecule has 0 unspecified atom stereocenters. The molecule has 1 fully saturated rings. The van der Waals surface area contributed by atoms with Crippen molar-refractivity contribution in [2.75, 3.05) is 11.4 Å². The summed E-state index contributed by atoms with van der Waals surface area (Å²) in [6, 6.07) is 12.8. The maximum absolute atomic E-state index is 13.1. The molecule has 132 valence electrons. The van der Waals surface area contributed by atoms with E-state index in [1.807, 2.05) is 0 Å². The minimum atomic E-state index is -0.453. The van der Waals surface area contributed by atoms with Gasteiger partial charge in [0.05, 0.1) is 22.7 Å². The second-order valence-electron chi connectivity index (χ2n) is 6.52. The average Bonchev–Trinajstić information content (AvgIpc) is 3.12. The Balaban J connectivity index is 1.73. The van der Waals surface area contributed by atoms with Gasteiger partial charge >= 0.3 is 0 Å². The number of hydrogen-bond donors (Lipinski definition) is 0. The maximum atomic E-state index is 13.1. The van der Waals surface area contributed by atoms with Gasteiger partial charge in [0, 0.05) is 18.7 Å². The molecule has 7 nitrogen and oxygen atoms in total. The Morgan fingerprint density at radius 2 is 1.81 bits per heavy atom. The predicted molar refractivity (Wildman–Crippen MR) is 94.8 cm³/mol. The highest BCUT2D eigenvalue weighted by Crippen LogP contribution is 2.33. The molecule has 2 heterocycles. The molecule has 0 radical (unpaired) electrons. The van der Waals surface area contributed by atoms with E-state index in [-0.39, 0.29) is 24.0 Å². The summed E-state index contributed by atoms with van der Waals surface area (Å²) in [4.78, 5) is 39.7. The van der Waals surface area contributed by atoms with E-state index in [2.05, 4.69) is 0 Å². The van der Waals surface area contributed by atoms with Gasteiger partial charge in [0.1, 0.15) is 6.04 Å². The van der Waals surface area contributed by atoms with Gasteiger partial charge in [-0.1, -0.05) is 24.3 Å². The summed E-state index contributed by atoms with van der Waals surface area (Å²) in [5, 5.41) is 10.8. The quantitative estimate of drug-likeness (QED) is 0.629. The number of carbonyl (C=O) groups excluding carboxylic acids is 2. The summed E-state index contributed by atoms with van der Waals surface area (Å²) in [5.74, 6) is -0.207. The average molecular weight is 351 g/mol. The molecule has 0 bridgehead atoms. The fourth-order valence-corrected chi connectivity index (χ4v) is 3.68. The third-order valence-corrected chi connectivity index (χ3v) is 4.98. The topological polar surface area (TPSA) is 83.8 Å². The van der Waals surface area contributed by atoms with E-state index in [0.717, 1.165) is 12.0 Å². The fourth-order valence-electron chi connectivity index (χ4n) is 3.68. The number of nitrogens with zero attached hydrogens (tertiary/aromatic N) is 3. The smallest absolute Gasteiger partial charge is 0.269 e. The number of nitro benzene ring substituents is 1. The van der Waals surface area contributed by atoms with Gasteiger partial charge < -0.3 is 9.80 Å². The number of fused-ring (bicyclic) bond motifs is 2. The first-order valence-electron chi connectivity index (χ1n) is 8.51. The monoisotopic (exact) mass is 351 g/mol. The molecule has 1 saturated heterocycles. The van der Waals surface area contributed by atoms with E-state index in [1.54, 1.807) is 46.2 Å². The third-order valence-electron chi connectivity index (χ3n) is 4.98. The molecule has 4 rings (SSSR count). The number of hydrogen-bond acceptors (Lipinski definition) is 4. The number of non-ortho nitro benzene ring substituents is 1. The lowest BCUT2D eigenvalue weighted by atomic mass is 10.1. The van der Waals surface area contributed by atoms with Gasteiger partial charge in [0.15, 0.2) is 0 Å². The molecular weight excluding hydrogens is 334 g/mol. The highest BCUT2D eigenvalue weighted by atomic mass is 16.6. The minimum absolute atomic E-state index is 0.00786. The van der Waals surface area contributed by atoms with E-state index < -0.39 is 11.0 Å². The van der Waals surface area contributed by atoms with Crippen LogP contribution in [0.4, 0.5) is 11.4 Å². The van der Waals surface area contributed by atoms with Crippen molar-refractivity contribution in [1.82, 2.24) is 4.90 Å². The Bertz CT molecular complexity index is 894. The van der Waals surface area contributed by atoms with Crippen molar-refractivity contribution in [3.8, 4) is 0 Å². The number of carbonyl (C=O) groups is 2. The molecule has 2 aromatic carbocycles. The molecule has 0 spiro atoms. The summed E-state index contributed by atoms with van der Waals surface area (Å²) in [6.07, 6.45) is 1.48. The molecule has 0 aliphatic carbocycles. The van der Waals surface area contributed by atoms with Crippen molar-refractivity contribution >= 4 is 23.2 Å². The molecule has 0 N–H and O–H groups in total. The largest absolute Gasteiger partial charge is 0.327 e. The molecule has 2 amide bonds. The Hall–Kier alpha value is -3.22. The number of para-hydroxylation sites is 1. The van der Waals surface area contributed by atoms with Crippen LogP contribution in [0.15, 0.2) is 48.5 Å². The Labute approximate surface area is 150 Å². The highest BCUT2D eigenvalue weighted by Gasteiger charge is 2.41. The van der Waals surface area contributed by atoms with Crippen molar-refractivity contribution in [3.63, 3.8) is 0 Å². The van der Waals surface area contributed by atoms with Crippen LogP contribution < -0.4 is 4.90 Å². The van der Waals surface area contributed by atoms with Crippen LogP contribution in [0.2, 0.25) is 0 Å². The lowest BCUT2D eigenvalue weighted by Crippen LogP contribution is -2.44. The zero-order chi connectivity index (χ0) is 18.3. The summed E-state index contributed by atoms with van der Waals surface area (Å²) in [5.41, 5.74) is 1.90. The molecule has 2 aliphatic rings. The van der Waals surface area contributed by atoms with Crippen molar-refractivity contribution in [1.29, 1.82) is 0 Å². The van der Waals surface area contributed by atoms with Gasteiger partial charge in [0.25, 0.3) is 11.6 Å². The molecular formula is C19H17N3O4. The summed E-state index contributed by atoms with van der Waals surface area (Å²) >= 11 is 0. The Morgan fingerprint density at radius 1 is 1.08 bits per heavy atom. The standard InChI is InChI=1S/C19H17N3O4/c23-18-15-4-1-2-5-16(15)21(19(24)17-6-3-11-20(17)18)12-13-7-9-14(10-8-13)22(25)26/h1-2,4-5,7-10,17H,3,6,11-12H2/t17-/m1/s1. The summed E-state index contributed by atoms with van der Waals surface area (Å²) in [6.45, 7) is 0.862. The van der Waals surface area contributed by atoms with Crippen LogP contribution in [0.3, 0.4) is 0 Å². The van der Waals surface area contributed by atoms with Crippen molar-refractivity contribution in [2.45, 2.75) is 25.4 Å². The molecule has 1 atom stereocenters. The van der Waals surface area contributed by atoms with E-state index in [9.17, 15) is 19.7 Å². The zero-order valence-electron chi connectivity index (χ0n) is 14.0. The maximum Gasteiger partial charge on any atom is 0.269 e. The van der Waals surface area contributed by atoms with Gasteiger partial charge in [-0.15, -0.1) is 0 Å². The minimum Gasteiger partial charge on any atom is -0.327 e. The second kappa shape index (κ2) is 6.25. The Kier molecular flexibility index (Phi) is 3.91. The molecule has 2 aliphatic heterocycles. The molecule has 0 aromatic heterocycles. The van der Waals surface area contributed by atoms with Gasteiger partial charge in [-0.3, -0.25) is 19.7 Å². The molecule has 2 aromatic rings. The number of rotatable bonds is 3. The van der Waals surface area contributed by atoms with Gasteiger partial charge in [0.2, 0.25) is 5.91 Å². The third kappa shape index (κ3) is 2.61. The van der Waals surface area contributed by atoms with Crippen LogP contribution in [0.5, 0.6) is 0 Å². The molecule has 7 heteroatoms. The van der Waals surface area contributed by atoms with Crippen molar-refractivity contribution < 1.29 is 14.5 Å². The normalized spacial score (nSPS) is 19.2. The van der Waals surface area contributed by atoms with Gasteiger partial charge in [-0.25, -0.2) is 0 Å². The van der Waals surface area contributed by atoms with Crippen molar-refractivity contribution in [3.05, 3.63) is 69.8 Å². The fraction of sp³-hybridized carbons (Fsp3) is 0.263. The SMILES string of the molecule is O=C1[C@H]2CCCN2C(=O)c2ccccc2N1Cc1ccc([N+](=O)[O-])cc1. The second-order valence-corrected chi connectivity index (χ2v) is 6.52. The van der Waals surface area contributed by atoms with Crippen LogP contribution >= 0.6 is 0 Å². The van der Waals surface area contributed by atoms with Gasteiger partial charge in [-0.05, 0) is 30.5 Å². The number of anilines is 1.